The number of rotatable bonds is 5. The van der Waals surface area contributed by atoms with Crippen LogP contribution in [0.5, 0.6) is 0 Å². The van der Waals surface area contributed by atoms with E-state index in [1.807, 2.05) is 0 Å². The number of anilines is 1. The van der Waals surface area contributed by atoms with Gasteiger partial charge in [0.05, 0.1) is 22.5 Å². The Hall–Kier alpha value is -2.79. The number of nitrogens with one attached hydrogen (secondary N) is 1. The van der Waals surface area contributed by atoms with Crippen molar-refractivity contribution in [3.05, 3.63) is 65.3 Å². The maximum Gasteiger partial charge on any atom is 0.416 e. The third-order valence-corrected chi connectivity index (χ3v) is 6.34. The first-order valence-corrected chi connectivity index (χ1v) is 9.63. The summed E-state index contributed by atoms with van der Waals surface area (Å²) < 4.78 is 67.5. The fourth-order valence-corrected chi connectivity index (χ4v) is 4.50. The van der Waals surface area contributed by atoms with Crippen LogP contribution in [0, 0.1) is 0 Å². The Labute approximate surface area is 155 Å². The number of carboxylic acid groups (broad SMARTS) is 1. The van der Waals surface area contributed by atoms with Crippen LogP contribution in [0.4, 0.5) is 18.9 Å². The molecule has 3 rings (SSSR count). The van der Waals surface area contributed by atoms with Gasteiger partial charge in [-0.15, -0.1) is 11.3 Å². The van der Waals surface area contributed by atoms with Crippen LogP contribution in [0.15, 0.2) is 58.4 Å². The smallest absolute Gasteiger partial charge is 0.416 e. The van der Waals surface area contributed by atoms with Gasteiger partial charge in [0.2, 0.25) is 0 Å². The number of hydrogen-bond acceptors (Lipinski definition) is 4. The van der Waals surface area contributed by atoms with E-state index in [-0.39, 0.29) is 21.1 Å². The predicted octanol–water partition coefficient (Wildman–Crippen LogP) is 4.06. The summed E-state index contributed by atoms with van der Waals surface area (Å²) in [6.45, 7) is 0. The number of benzene rings is 1. The normalized spacial score (nSPS) is 12.1. The summed E-state index contributed by atoms with van der Waals surface area (Å²) in [5, 5.41) is 10.0. The van der Waals surface area contributed by atoms with Crippen molar-refractivity contribution in [2.24, 2.45) is 0 Å². The van der Waals surface area contributed by atoms with E-state index in [4.69, 9.17) is 5.11 Å². The zero-order valence-corrected chi connectivity index (χ0v) is 14.9. The van der Waals surface area contributed by atoms with Crippen molar-refractivity contribution in [2.75, 3.05) is 4.72 Å². The Morgan fingerprint density at radius 2 is 1.81 bits per heavy atom. The Morgan fingerprint density at radius 3 is 2.37 bits per heavy atom. The number of hydrogen-bond donors (Lipinski definition) is 2. The maximum absolute atomic E-state index is 13.0. The van der Waals surface area contributed by atoms with Crippen LogP contribution in [0.25, 0.3) is 5.69 Å². The first-order chi connectivity index (χ1) is 12.6. The molecule has 0 unspecified atom stereocenters. The van der Waals surface area contributed by atoms with Crippen LogP contribution in [-0.4, -0.2) is 24.1 Å². The third kappa shape index (κ3) is 3.98. The number of aromatic nitrogens is 1. The van der Waals surface area contributed by atoms with Gasteiger partial charge in [-0.2, -0.15) is 13.2 Å². The topological polar surface area (TPSA) is 88.4 Å². The molecule has 0 spiro atoms. The number of halogens is 3. The van der Waals surface area contributed by atoms with Crippen LogP contribution >= 0.6 is 11.3 Å². The Bertz CT molecular complexity index is 1090. The Balaban J connectivity index is 2.06. The average Bonchev–Trinajstić information content (AvgIpc) is 3.26. The number of carbonyl (C=O) groups is 1. The van der Waals surface area contributed by atoms with Gasteiger partial charge < -0.3 is 9.67 Å². The zero-order valence-electron chi connectivity index (χ0n) is 13.3. The molecule has 0 aliphatic carbocycles. The zero-order chi connectivity index (χ0) is 19.8. The number of carboxylic acids is 1. The molecule has 0 atom stereocenters. The molecule has 27 heavy (non-hydrogen) atoms. The molecule has 0 bridgehead atoms. The van der Waals surface area contributed by atoms with Gasteiger partial charge in [0.15, 0.2) is 0 Å². The summed E-state index contributed by atoms with van der Waals surface area (Å²) in [4.78, 5) is 10.9. The molecule has 2 heterocycles. The molecule has 0 saturated carbocycles. The van der Waals surface area contributed by atoms with E-state index in [2.05, 4.69) is 4.72 Å². The first kappa shape index (κ1) is 19.0. The monoisotopic (exact) mass is 416 g/mol. The summed E-state index contributed by atoms with van der Waals surface area (Å²) in [5.74, 6) is -1.31. The SMILES string of the molecule is O=C(O)c1csc(S(=O)(=O)Nc2cc(C(F)(F)F)ccc2-n2cccc2)c1. The molecular formula is C16H11F3N2O4S2. The van der Waals surface area contributed by atoms with Gasteiger partial charge >= 0.3 is 12.1 Å². The van der Waals surface area contributed by atoms with Gasteiger partial charge in [-0.25, -0.2) is 13.2 Å². The van der Waals surface area contributed by atoms with E-state index in [0.717, 1.165) is 23.6 Å². The second-order valence-corrected chi connectivity index (χ2v) is 8.21. The van der Waals surface area contributed by atoms with Crippen molar-refractivity contribution in [3.8, 4) is 5.69 Å². The van der Waals surface area contributed by atoms with Gasteiger partial charge in [-0.3, -0.25) is 4.72 Å². The highest BCUT2D eigenvalue weighted by molar-refractivity contribution is 7.94. The highest BCUT2D eigenvalue weighted by Gasteiger charge is 2.32. The lowest BCUT2D eigenvalue weighted by Gasteiger charge is -2.15. The van der Waals surface area contributed by atoms with Gasteiger partial charge in [-0.1, -0.05) is 0 Å². The fourth-order valence-electron chi connectivity index (χ4n) is 2.28. The number of sulfonamides is 1. The van der Waals surface area contributed by atoms with Gasteiger partial charge in [0.1, 0.15) is 4.21 Å². The number of nitrogens with zero attached hydrogens (tertiary/aromatic N) is 1. The van der Waals surface area contributed by atoms with Crippen LogP contribution in [0.2, 0.25) is 0 Å². The van der Waals surface area contributed by atoms with Crippen LogP contribution < -0.4 is 4.72 Å². The summed E-state index contributed by atoms with van der Waals surface area (Å²) >= 11 is 0.657. The molecule has 2 N–H and O–H groups in total. The van der Waals surface area contributed by atoms with Gasteiger partial charge in [0, 0.05) is 17.8 Å². The molecule has 0 saturated heterocycles. The van der Waals surface area contributed by atoms with Crippen LogP contribution in [-0.2, 0) is 16.2 Å². The van der Waals surface area contributed by atoms with Crippen molar-refractivity contribution in [3.63, 3.8) is 0 Å². The maximum atomic E-state index is 13.0. The minimum atomic E-state index is -4.66. The molecule has 0 aliphatic heterocycles. The lowest BCUT2D eigenvalue weighted by atomic mass is 10.1. The van der Waals surface area contributed by atoms with Crippen LogP contribution in [0.1, 0.15) is 15.9 Å². The first-order valence-electron chi connectivity index (χ1n) is 7.27. The fraction of sp³-hybridized carbons (Fsp3) is 0.0625. The standard InChI is InChI=1S/C16H11F3N2O4S2/c17-16(18,19)11-3-4-13(21-5-1-2-6-21)12(8-11)20-27(24,25)14-7-10(9-26-14)15(22)23/h1-9,20H,(H,22,23). The largest absolute Gasteiger partial charge is 0.478 e. The minimum absolute atomic E-state index is 0.187. The molecule has 0 aliphatic rings. The van der Waals surface area contributed by atoms with Gasteiger partial charge in [0.25, 0.3) is 10.0 Å². The summed E-state index contributed by atoms with van der Waals surface area (Å²) in [6, 6.07) is 6.90. The van der Waals surface area contributed by atoms with Crippen molar-refractivity contribution in [2.45, 2.75) is 10.4 Å². The summed E-state index contributed by atoms with van der Waals surface area (Å²) in [6.07, 6.45) is -1.56. The quantitative estimate of drug-likeness (QED) is 0.657. The number of thiophene rings is 1. The summed E-state index contributed by atoms with van der Waals surface area (Å²) in [7, 11) is -4.28. The predicted molar refractivity (Wildman–Crippen MR) is 92.9 cm³/mol. The van der Waals surface area contributed by atoms with Crippen molar-refractivity contribution >= 4 is 33.0 Å². The molecule has 0 fully saturated rings. The second-order valence-electron chi connectivity index (χ2n) is 5.39. The molecule has 3 aromatic rings. The Morgan fingerprint density at radius 1 is 1.15 bits per heavy atom. The Kier molecular flexibility index (Phi) is 4.74. The van der Waals surface area contributed by atoms with E-state index in [1.54, 1.807) is 24.5 Å². The van der Waals surface area contributed by atoms with Crippen molar-refractivity contribution < 1.29 is 31.5 Å². The molecular weight excluding hydrogens is 405 g/mol. The van der Waals surface area contributed by atoms with Crippen molar-refractivity contribution in [1.82, 2.24) is 4.57 Å². The van der Waals surface area contributed by atoms with Gasteiger partial charge in [-0.05, 0) is 36.4 Å². The minimum Gasteiger partial charge on any atom is -0.478 e. The van der Waals surface area contributed by atoms with Crippen LogP contribution in [0.3, 0.4) is 0 Å². The van der Waals surface area contributed by atoms with E-state index in [0.29, 0.717) is 17.4 Å². The average molecular weight is 416 g/mol. The number of aromatic carboxylic acids is 1. The molecule has 142 valence electrons. The van der Waals surface area contributed by atoms with E-state index < -0.39 is 27.7 Å². The molecule has 0 radical (unpaired) electrons. The molecule has 11 heteroatoms. The molecule has 2 aromatic heterocycles. The highest BCUT2D eigenvalue weighted by atomic mass is 32.2. The van der Waals surface area contributed by atoms with Crippen molar-refractivity contribution in [1.29, 1.82) is 0 Å². The lowest BCUT2D eigenvalue weighted by molar-refractivity contribution is -0.137. The molecule has 6 nitrogen and oxygen atoms in total. The second kappa shape index (κ2) is 6.74. The summed E-state index contributed by atoms with van der Waals surface area (Å²) in [5.41, 5.74) is -1.35. The lowest BCUT2D eigenvalue weighted by Crippen LogP contribution is -2.15. The highest BCUT2D eigenvalue weighted by Crippen LogP contribution is 2.34. The van der Waals surface area contributed by atoms with E-state index in [9.17, 15) is 26.4 Å². The third-order valence-electron chi connectivity index (χ3n) is 3.54. The number of alkyl halides is 3. The molecule has 1 aromatic carbocycles. The molecule has 0 amide bonds. The van der Waals surface area contributed by atoms with E-state index in [1.165, 1.54) is 4.57 Å². The van der Waals surface area contributed by atoms with E-state index >= 15 is 0 Å².